The van der Waals surface area contributed by atoms with Crippen LogP contribution in [0, 0.1) is 10.1 Å². The highest BCUT2D eigenvalue weighted by Crippen LogP contribution is 2.42. The van der Waals surface area contributed by atoms with Crippen LogP contribution in [0.5, 0.6) is 0 Å². The summed E-state index contributed by atoms with van der Waals surface area (Å²) >= 11 is 1.21. The molecule has 0 aliphatic carbocycles. The van der Waals surface area contributed by atoms with Crippen molar-refractivity contribution in [3.63, 3.8) is 0 Å². The number of morpholine rings is 1. The summed E-state index contributed by atoms with van der Waals surface area (Å²) < 4.78 is 5.72. The highest BCUT2D eigenvalue weighted by molar-refractivity contribution is 7.16. The molecule has 1 aliphatic heterocycles. The number of rotatable bonds is 4. The van der Waals surface area contributed by atoms with E-state index in [4.69, 9.17) is 4.74 Å². The molecule has 0 saturated carbocycles. The summed E-state index contributed by atoms with van der Waals surface area (Å²) in [5.41, 5.74) is -0.514. The molecule has 8 heteroatoms. The maximum atomic E-state index is 11.2. The predicted octanol–water partition coefficient (Wildman–Crippen LogP) is 1.69. The van der Waals surface area contributed by atoms with E-state index in [2.05, 4.69) is 0 Å². The Balaban J connectivity index is 2.37. The number of nitro groups is 1. The minimum Gasteiger partial charge on any atom is -0.394 e. The number of anilines is 1. The van der Waals surface area contributed by atoms with Crippen LogP contribution in [-0.2, 0) is 4.74 Å². The molecule has 1 unspecified atom stereocenters. The molecule has 118 valence electrons. The molecule has 1 aliphatic rings. The van der Waals surface area contributed by atoms with Crippen LogP contribution >= 0.6 is 11.3 Å². The Morgan fingerprint density at radius 3 is 2.86 bits per heavy atom. The first-order chi connectivity index (χ1) is 9.73. The van der Waals surface area contributed by atoms with Crippen LogP contribution in [0.2, 0.25) is 0 Å². The number of ether oxygens (including phenoxy) is 1. The van der Waals surface area contributed by atoms with Crippen LogP contribution in [-0.4, -0.2) is 46.5 Å². The summed E-state index contributed by atoms with van der Waals surface area (Å²) in [5.74, 6) is 0. The van der Waals surface area contributed by atoms with Gasteiger partial charge in [0.25, 0.3) is 0 Å². The third kappa shape index (κ3) is 3.52. The minimum absolute atomic E-state index is 0.00899. The Bertz CT molecular complexity index is 529. The number of hydrogen-bond acceptors (Lipinski definition) is 7. The van der Waals surface area contributed by atoms with Crippen molar-refractivity contribution in [1.29, 1.82) is 0 Å². The average Bonchev–Trinajstić information content (AvgIpc) is 2.82. The van der Waals surface area contributed by atoms with E-state index < -0.39 is 16.6 Å². The molecular formula is C13H20N2O5S. The van der Waals surface area contributed by atoms with Crippen LogP contribution in [0.25, 0.3) is 0 Å². The first kappa shape index (κ1) is 16.2. The van der Waals surface area contributed by atoms with Gasteiger partial charge >= 0.3 is 5.69 Å². The molecule has 0 aromatic carbocycles. The van der Waals surface area contributed by atoms with Crippen molar-refractivity contribution in [2.45, 2.75) is 38.6 Å². The van der Waals surface area contributed by atoms with Gasteiger partial charge in [-0.15, -0.1) is 11.3 Å². The van der Waals surface area contributed by atoms with Crippen molar-refractivity contribution in [1.82, 2.24) is 0 Å². The maximum absolute atomic E-state index is 11.2. The van der Waals surface area contributed by atoms with Crippen LogP contribution in [0.15, 0.2) is 6.07 Å². The second kappa shape index (κ2) is 5.88. The van der Waals surface area contributed by atoms with Crippen LogP contribution in [0.3, 0.4) is 0 Å². The van der Waals surface area contributed by atoms with Gasteiger partial charge in [0, 0.05) is 24.0 Å². The minimum atomic E-state index is -0.745. The van der Waals surface area contributed by atoms with E-state index >= 15 is 0 Å². The third-order valence-electron chi connectivity index (χ3n) is 3.29. The Morgan fingerprint density at radius 2 is 2.33 bits per heavy atom. The van der Waals surface area contributed by atoms with Gasteiger partial charge in [0.2, 0.25) is 0 Å². The fraction of sp³-hybridized carbons (Fsp3) is 0.692. The normalized spacial score (nSPS) is 23.1. The van der Waals surface area contributed by atoms with Gasteiger partial charge in [0.1, 0.15) is 0 Å². The Labute approximate surface area is 126 Å². The monoisotopic (exact) mass is 316 g/mol. The highest BCUT2D eigenvalue weighted by atomic mass is 32.1. The van der Waals surface area contributed by atoms with E-state index in [1.807, 2.05) is 18.7 Å². The van der Waals surface area contributed by atoms with Gasteiger partial charge in [-0.1, -0.05) is 0 Å². The second-order valence-corrected chi connectivity index (χ2v) is 6.90. The lowest BCUT2D eigenvalue weighted by Crippen LogP contribution is -2.53. The molecule has 0 amide bonds. The van der Waals surface area contributed by atoms with E-state index in [1.165, 1.54) is 17.4 Å². The van der Waals surface area contributed by atoms with Crippen molar-refractivity contribution in [3.05, 3.63) is 21.1 Å². The third-order valence-corrected chi connectivity index (χ3v) is 4.65. The molecule has 2 N–H and O–H groups in total. The van der Waals surface area contributed by atoms with Crippen molar-refractivity contribution in [3.8, 4) is 0 Å². The second-order valence-electron chi connectivity index (χ2n) is 5.83. The van der Waals surface area contributed by atoms with E-state index in [1.54, 1.807) is 6.92 Å². The van der Waals surface area contributed by atoms with Crippen molar-refractivity contribution < 1.29 is 19.9 Å². The van der Waals surface area contributed by atoms with E-state index in [0.717, 1.165) is 0 Å². The summed E-state index contributed by atoms with van der Waals surface area (Å²) in [5, 5.41) is 30.7. The molecule has 2 heterocycles. The van der Waals surface area contributed by atoms with E-state index in [9.17, 15) is 20.3 Å². The molecule has 2 rings (SSSR count). The predicted molar refractivity (Wildman–Crippen MR) is 79.9 cm³/mol. The van der Waals surface area contributed by atoms with Gasteiger partial charge in [-0.05, 0) is 20.8 Å². The quantitative estimate of drug-likeness (QED) is 0.648. The number of aliphatic hydroxyl groups is 2. The summed E-state index contributed by atoms with van der Waals surface area (Å²) in [6, 6.07) is 1.42. The molecule has 0 bridgehead atoms. The molecule has 1 fully saturated rings. The van der Waals surface area contributed by atoms with E-state index in [-0.39, 0.29) is 18.4 Å². The van der Waals surface area contributed by atoms with E-state index in [0.29, 0.717) is 23.0 Å². The number of nitrogens with zero attached hydrogens (tertiary/aromatic N) is 2. The van der Waals surface area contributed by atoms with Crippen LogP contribution in [0.1, 0.15) is 31.8 Å². The van der Waals surface area contributed by atoms with Gasteiger partial charge in [-0.25, -0.2) is 0 Å². The first-order valence-corrected chi connectivity index (χ1v) is 7.55. The number of thiophene rings is 1. The molecule has 0 radical (unpaired) electrons. The SMILES string of the molecule is C[C@@H](O)c1cc([N+](=O)[O-])c(N2CC(CO)OC(C)(C)C2)s1. The fourth-order valence-corrected chi connectivity index (χ4v) is 3.57. The van der Waals surface area contributed by atoms with Gasteiger partial charge in [0.15, 0.2) is 5.00 Å². The molecule has 1 aromatic rings. The molecule has 2 atom stereocenters. The zero-order valence-electron chi connectivity index (χ0n) is 12.3. The van der Waals surface area contributed by atoms with Crippen LogP contribution in [0.4, 0.5) is 10.7 Å². The first-order valence-electron chi connectivity index (χ1n) is 6.73. The summed E-state index contributed by atoms with van der Waals surface area (Å²) in [6.07, 6.45) is -1.13. The summed E-state index contributed by atoms with van der Waals surface area (Å²) in [6.45, 7) is 6.10. The van der Waals surface area contributed by atoms with Crippen molar-refractivity contribution in [2.75, 3.05) is 24.6 Å². The Hall–Kier alpha value is -1.22. The molecule has 21 heavy (non-hydrogen) atoms. The van der Waals surface area contributed by atoms with Gasteiger partial charge < -0.3 is 19.8 Å². The summed E-state index contributed by atoms with van der Waals surface area (Å²) in [4.78, 5) is 13.2. The average molecular weight is 316 g/mol. The lowest BCUT2D eigenvalue weighted by molar-refractivity contribution is -0.383. The molecule has 1 saturated heterocycles. The number of aliphatic hydroxyl groups excluding tert-OH is 2. The van der Waals surface area contributed by atoms with Crippen molar-refractivity contribution >= 4 is 22.0 Å². The fourth-order valence-electron chi connectivity index (χ4n) is 2.50. The number of hydrogen-bond donors (Lipinski definition) is 2. The molecule has 7 nitrogen and oxygen atoms in total. The van der Waals surface area contributed by atoms with Crippen molar-refractivity contribution in [2.24, 2.45) is 0 Å². The smallest absolute Gasteiger partial charge is 0.304 e. The highest BCUT2D eigenvalue weighted by Gasteiger charge is 2.37. The standard InChI is InChI=1S/C13H20N2O5S/c1-8(17)11-4-10(15(18)19)12(21-11)14-5-9(6-16)20-13(2,3)7-14/h4,8-9,16-17H,5-7H2,1-3H3/t8-,9?/m1/s1. The zero-order valence-corrected chi connectivity index (χ0v) is 13.1. The zero-order chi connectivity index (χ0) is 15.8. The lowest BCUT2D eigenvalue weighted by atomic mass is 10.1. The van der Waals surface area contributed by atoms with Gasteiger partial charge in [0.05, 0.1) is 29.3 Å². The van der Waals surface area contributed by atoms with Gasteiger partial charge in [-0.2, -0.15) is 0 Å². The topological polar surface area (TPSA) is 96.1 Å². The lowest BCUT2D eigenvalue weighted by Gasteiger charge is -2.42. The Kier molecular flexibility index (Phi) is 4.52. The molecule has 0 spiro atoms. The Morgan fingerprint density at radius 1 is 1.67 bits per heavy atom. The van der Waals surface area contributed by atoms with Gasteiger partial charge in [-0.3, -0.25) is 10.1 Å². The maximum Gasteiger partial charge on any atom is 0.304 e. The molecule has 1 aromatic heterocycles. The molecular weight excluding hydrogens is 296 g/mol. The van der Waals surface area contributed by atoms with Crippen LogP contribution < -0.4 is 4.90 Å². The summed E-state index contributed by atoms with van der Waals surface area (Å²) in [7, 11) is 0. The largest absolute Gasteiger partial charge is 0.394 e.